The lowest BCUT2D eigenvalue weighted by molar-refractivity contribution is -0.140. The van der Waals surface area contributed by atoms with Crippen molar-refractivity contribution in [3.63, 3.8) is 0 Å². The summed E-state index contributed by atoms with van der Waals surface area (Å²) in [5.74, 6) is -0.124. The van der Waals surface area contributed by atoms with Crippen molar-refractivity contribution in [1.82, 2.24) is 5.32 Å². The molecule has 1 N–H and O–H groups in total. The predicted molar refractivity (Wildman–Crippen MR) is 58.2 cm³/mol. The fraction of sp³-hybridized carbons (Fsp3) is 0.909. The van der Waals surface area contributed by atoms with E-state index in [0.717, 1.165) is 25.8 Å². The van der Waals surface area contributed by atoms with Crippen molar-refractivity contribution >= 4 is 5.97 Å². The highest BCUT2D eigenvalue weighted by atomic mass is 16.5. The molecular formula is C11H23NO2. The second-order valence-electron chi connectivity index (χ2n) is 3.87. The number of rotatable bonds is 7. The molecule has 0 rings (SSSR count). The summed E-state index contributed by atoms with van der Waals surface area (Å²) in [5, 5.41) is 3.47. The molecule has 0 aliphatic rings. The van der Waals surface area contributed by atoms with Crippen LogP contribution >= 0.6 is 0 Å². The molecule has 0 fully saturated rings. The average molecular weight is 201 g/mol. The number of carbonyl (C=O) groups is 1. The van der Waals surface area contributed by atoms with Crippen molar-refractivity contribution in [3.05, 3.63) is 0 Å². The summed E-state index contributed by atoms with van der Waals surface area (Å²) in [6.07, 6.45) is 3.58. The van der Waals surface area contributed by atoms with Crippen LogP contribution in [0, 0.1) is 0 Å². The number of methoxy groups -OCH3 is 1. The maximum absolute atomic E-state index is 10.8. The Bertz CT molecular complexity index is 165. The lowest BCUT2D eigenvalue weighted by atomic mass is 9.95. The first kappa shape index (κ1) is 13.4. The van der Waals surface area contributed by atoms with Crippen LogP contribution in [0.1, 0.15) is 46.5 Å². The van der Waals surface area contributed by atoms with Crippen LogP contribution < -0.4 is 5.32 Å². The molecule has 0 spiro atoms. The molecule has 0 atom stereocenters. The molecular weight excluding hydrogens is 178 g/mol. The van der Waals surface area contributed by atoms with E-state index >= 15 is 0 Å². The highest BCUT2D eigenvalue weighted by Crippen LogP contribution is 2.13. The third kappa shape index (κ3) is 5.22. The Balaban J connectivity index is 3.57. The van der Waals surface area contributed by atoms with Crippen molar-refractivity contribution < 1.29 is 9.53 Å². The lowest BCUT2D eigenvalue weighted by Gasteiger charge is -2.28. The highest BCUT2D eigenvalue weighted by molar-refractivity contribution is 5.69. The minimum atomic E-state index is -0.124. The van der Waals surface area contributed by atoms with Gasteiger partial charge in [0.15, 0.2) is 0 Å². The summed E-state index contributed by atoms with van der Waals surface area (Å²) in [6, 6.07) is 0. The smallest absolute Gasteiger partial charge is 0.305 e. The first-order valence-corrected chi connectivity index (χ1v) is 5.39. The highest BCUT2D eigenvalue weighted by Gasteiger charge is 2.17. The van der Waals surface area contributed by atoms with Gasteiger partial charge >= 0.3 is 5.97 Å². The lowest BCUT2D eigenvalue weighted by Crippen LogP contribution is -2.41. The van der Waals surface area contributed by atoms with Crippen LogP contribution in [-0.4, -0.2) is 25.2 Å². The molecule has 0 aliphatic heterocycles. The SMILES string of the molecule is CCC(C)(CC)NCCCC(=O)OC. The maximum Gasteiger partial charge on any atom is 0.305 e. The summed E-state index contributed by atoms with van der Waals surface area (Å²) in [4.78, 5) is 10.8. The molecule has 0 aromatic rings. The van der Waals surface area contributed by atoms with E-state index in [9.17, 15) is 4.79 Å². The van der Waals surface area contributed by atoms with Crippen molar-refractivity contribution in [1.29, 1.82) is 0 Å². The van der Waals surface area contributed by atoms with Crippen molar-refractivity contribution in [3.8, 4) is 0 Å². The molecule has 14 heavy (non-hydrogen) atoms. The molecule has 0 radical (unpaired) electrons. The van der Waals surface area contributed by atoms with Gasteiger partial charge in [0.25, 0.3) is 0 Å². The Kier molecular flexibility index (Phi) is 6.54. The Morgan fingerprint density at radius 1 is 1.36 bits per heavy atom. The van der Waals surface area contributed by atoms with Crippen molar-refractivity contribution in [2.75, 3.05) is 13.7 Å². The van der Waals surface area contributed by atoms with Crippen LogP contribution in [-0.2, 0) is 9.53 Å². The second kappa shape index (κ2) is 6.82. The Hall–Kier alpha value is -0.570. The van der Waals surface area contributed by atoms with Crippen LogP contribution in [0.3, 0.4) is 0 Å². The van der Waals surface area contributed by atoms with E-state index in [4.69, 9.17) is 0 Å². The largest absolute Gasteiger partial charge is 0.469 e. The zero-order valence-corrected chi connectivity index (χ0v) is 9.85. The summed E-state index contributed by atoms with van der Waals surface area (Å²) in [5.41, 5.74) is 0.218. The molecule has 0 bridgehead atoms. The molecule has 84 valence electrons. The topological polar surface area (TPSA) is 38.3 Å². The first-order chi connectivity index (χ1) is 6.58. The number of hydrogen-bond acceptors (Lipinski definition) is 3. The molecule has 0 aromatic heterocycles. The van der Waals surface area contributed by atoms with E-state index in [1.807, 2.05) is 0 Å². The number of esters is 1. The van der Waals surface area contributed by atoms with Gasteiger partial charge in [0, 0.05) is 12.0 Å². The fourth-order valence-corrected chi connectivity index (χ4v) is 1.22. The second-order valence-corrected chi connectivity index (χ2v) is 3.87. The minimum absolute atomic E-state index is 0.124. The summed E-state index contributed by atoms with van der Waals surface area (Å²) in [6.45, 7) is 7.45. The van der Waals surface area contributed by atoms with E-state index in [0.29, 0.717) is 6.42 Å². The molecule has 0 aromatic carbocycles. The van der Waals surface area contributed by atoms with Gasteiger partial charge in [0.2, 0.25) is 0 Å². The number of ether oxygens (including phenoxy) is 1. The number of carbonyl (C=O) groups excluding carboxylic acids is 1. The summed E-state index contributed by atoms with van der Waals surface area (Å²) >= 11 is 0. The van der Waals surface area contributed by atoms with E-state index in [1.165, 1.54) is 7.11 Å². The zero-order chi connectivity index (χ0) is 11.0. The normalized spacial score (nSPS) is 11.4. The predicted octanol–water partition coefficient (Wildman–Crippen LogP) is 2.11. The molecule has 0 aliphatic carbocycles. The fourth-order valence-electron chi connectivity index (χ4n) is 1.22. The molecule has 0 unspecified atom stereocenters. The molecule has 0 heterocycles. The molecule has 3 heteroatoms. The zero-order valence-electron chi connectivity index (χ0n) is 9.85. The standard InChI is InChI=1S/C11H23NO2/c1-5-11(3,6-2)12-9-7-8-10(13)14-4/h12H,5-9H2,1-4H3. The van der Waals surface area contributed by atoms with Gasteiger partial charge in [-0.05, 0) is 32.7 Å². The van der Waals surface area contributed by atoms with Gasteiger partial charge in [0.1, 0.15) is 0 Å². The quantitative estimate of drug-likeness (QED) is 0.506. The van der Waals surface area contributed by atoms with Gasteiger partial charge in [-0.2, -0.15) is 0 Å². The van der Waals surface area contributed by atoms with Crippen LogP contribution in [0.15, 0.2) is 0 Å². The molecule has 0 amide bonds. The minimum Gasteiger partial charge on any atom is -0.469 e. The van der Waals surface area contributed by atoms with E-state index in [-0.39, 0.29) is 11.5 Å². The monoisotopic (exact) mass is 201 g/mol. The Labute approximate surface area is 87.2 Å². The van der Waals surface area contributed by atoms with E-state index < -0.39 is 0 Å². The van der Waals surface area contributed by atoms with Gasteiger partial charge < -0.3 is 10.1 Å². The van der Waals surface area contributed by atoms with Gasteiger partial charge in [-0.15, -0.1) is 0 Å². The third-order valence-corrected chi connectivity index (χ3v) is 2.90. The summed E-state index contributed by atoms with van der Waals surface area (Å²) < 4.78 is 4.57. The Morgan fingerprint density at radius 3 is 2.36 bits per heavy atom. The van der Waals surface area contributed by atoms with Gasteiger partial charge in [-0.25, -0.2) is 0 Å². The van der Waals surface area contributed by atoms with Gasteiger partial charge in [0.05, 0.1) is 7.11 Å². The van der Waals surface area contributed by atoms with Crippen LogP contribution in [0.4, 0.5) is 0 Å². The van der Waals surface area contributed by atoms with E-state index in [1.54, 1.807) is 0 Å². The average Bonchev–Trinajstić information content (AvgIpc) is 2.23. The molecule has 0 saturated carbocycles. The number of nitrogens with one attached hydrogen (secondary N) is 1. The van der Waals surface area contributed by atoms with Crippen LogP contribution in [0.5, 0.6) is 0 Å². The Morgan fingerprint density at radius 2 is 1.93 bits per heavy atom. The van der Waals surface area contributed by atoms with Crippen LogP contribution in [0.2, 0.25) is 0 Å². The summed E-state index contributed by atoms with van der Waals surface area (Å²) in [7, 11) is 1.43. The third-order valence-electron chi connectivity index (χ3n) is 2.90. The van der Waals surface area contributed by atoms with Crippen molar-refractivity contribution in [2.45, 2.75) is 52.0 Å². The van der Waals surface area contributed by atoms with Crippen molar-refractivity contribution in [2.24, 2.45) is 0 Å². The first-order valence-electron chi connectivity index (χ1n) is 5.39. The maximum atomic E-state index is 10.8. The molecule has 3 nitrogen and oxygen atoms in total. The van der Waals surface area contributed by atoms with E-state index in [2.05, 4.69) is 30.8 Å². The van der Waals surface area contributed by atoms with Gasteiger partial charge in [-0.3, -0.25) is 4.79 Å². The number of hydrogen-bond donors (Lipinski definition) is 1. The van der Waals surface area contributed by atoms with Gasteiger partial charge in [-0.1, -0.05) is 13.8 Å². The molecule has 0 saturated heterocycles. The van der Waals surface area contributed by atoms with Crippen LogP contribution in [0.25, 0.3) is 0 Å².